The molecule has 1 heterocycles. The van der Waals surface area contributed by atoms with Gasteiger partial charge in [0.1, 0.15) is 0 Å². The van der Waals surface area contributed by atoms with Crippen LogP contribution in [-0.4, -0.2) is 0 Å². The zero-order valence-corrected chi connectivity index (χ0v) is 20.4. The normalized spacial score (nSPS) is 11.2. The average molecular weight is 496 g/mol. The molecule has 0 spiro atoms. The Kier molecular flexibility index (Phi) is 5.50. The number of hydrogen-bond donors (Lipinski definition) is 0. The van der Waals surface area contributed by atoms with Gasteiger partial charge >= 0.3 is 0 Å². The van der Waals surface area contributed by atoms with Crippen LogP contribution < -0.4 is 4.90 Å². The lowest BCUT2D eigenvalue weighted by molar-refractivity contribution is 1.29. The zero-order valence-electron chi connectivity index (χ0n) is 18.1. The van der Waals surface area contributed by atoms with Crippen LogP contribution in [0.3, 0.4) is 0 Å². The van der Waals surface area contributed by atoms with E-state index in [0.29, 0.717) is 10.0 Å². The Morgan fingerprint density at radius 3 is 1.85 bits per heavy atom. The maximum absolute atomic E-state index is 6.23. The van der Waals surface area contributed by atoms with Gasteiger partial charge in [-0.25, -0.2) is 0 Å². The molecule has 0 bridgehead atoms. The Bertz CT molecular complexity index is 1600. The van der Waals surface area contributed by atoms with Gasteiger partial charge < -0.3 is 4.90 Å². The van der Waals surface area contributed by atoms with Crippen molar-refractivity contribution in [1.82, 2.24) is 0 Å². The molecule has 0 aliphatic heterocycles. The quantitative estimate of drug-likeness (QED) is 0.235. The van der Waals surface area contributed by atoms with Crippen molar-refractivity contribution in [1.29, 1.82) is 0 Å². The summed E-state index contributed by atoms with van der Waals surface area (Å²) in [5.74, 6) is 0. The highest BCUT2D eigenvalue weighted by atomic mass is 35.5. The average Bonchev–Trinajstić information content (AvgIpc) is 3.23. The van der Waals surface area contributed by atoms with E-state index in [2.05, 4.69) is 95.9 Å². The van der Waals surface area contributed by atoms with Gasteiger partial charge in [0.05, 0.1) is 0 Å². The minimum absolute atomic E-state index is 0.633. The Morgan fingerprint density at radius 2 is 1.09 bits per heavy atom. The number of halogens is 2. The van der Waals surface area contributed by atoms with E-state index in [0.717, 1.165) is 28.2 Å². The molecule has 0 unspecified atom stereocenters. The second kappa shape index (κ2) is 8.81. The number of benzene rings is 5. The minimum atomic E-state index is 0.633. The number of hydrogen-bond acceptors (Lipinski definition) is 2. The maximum Gasteiger partial charge on any atom is 0.0468 e. The van der Waals surface area contributed by atoms with Crippen LogP contribution in [0.1, 0.15) is 0 Å². The molecule has 0 radical (unpaired) electrons. The second-order valence-electron chi connectivity index (χ2n) is 8.15. The molecule has 0 saturated carbocycles. The van der Waals surface area contributed by atoms with Crippen molar-refractivity contribution in [3.8, 4) is 11.1 Å². The van der Waals surface area contributed by atoms with Gasteiger partial charge in [-0.05, 0) is 77.9 Å². The molecule has 0 amide bonds. The van der Waals surface area contributed by atoms with Crippen LogP contribution in [0.15, 0.2) is 115 Å². The van der Waals surface area contributed by atoms with Crippen LogP contribution in [0.5, 0.6) is 0 Å². The van der Waals surface area contributed by atoms with E-state index < -0.39 is 0 Å². The second-order valence-corrected chi connectivity index (χ2v) is 10.1. The summed E-state index contributed by atoms with van der Waals surface area (Å²) >= 11 is 14.3. The standard InChI is InChI=1S/C30H19Cl2NS/c31-22-16-21(17-23(32)18-22)20-10-12-25(13-11-20)33(24-6-2-1-3-7-24)26-14-15-30-28(19-26)27-8-4-5-9-29(27)34-30/h1-19H. The molecule has 0 N–H and O–H groups in total. The van der Waals surface area contributed by atoms with Crippen molar-refractivity contribution in [2.45, 2.75) is 0 Å². The van der Waals surface area contributed by atoms with E-state index in [1.807, 2.05) is 29.5 Å². The summed E-state index contributed by atoms with van der Waals surface area (Å²) in [6, 6.07) is 40.0. The first-order valence-electron chi connectivity index (χ1n) is 11.0. The summed E-state index contributed by atoms with van der Waals surface area (Å²) in [4.78, 5) is 2.29. The number of para-hydroxylation sites is 1. The highest BCUT2D eigenvalue weighted by Crippen LogP contribution is 2.41. The van der Waals surface area contributed by atoms with Gasteiger partial charge in [0.15, 0.2) is 0 Å². The van der Waals surface area contributed by atoms with E-state index in [1.54, 1.807) is 6.07 Å². The van der Waals surface area contributed by atoms with Crippen molar-refractivity contribution in [2.75, 3.05) is 4.90 Å². The summed E-state index contributed by atoms with van der Waals surface area (Å²) in [6.45, 7) is 0. The Hall–Kier alpha value is -3.30. The van der Waals surface area contributed by atoms with Gasteiger partial charge in [-0.15, -0.1) is 11.3 Å². The fourth-order valence-electron chi connectivity index (χ4n) is 4.40. The predicted molar refractivity (Wildman–Crippen MR) is 149 cm³/mol. The van der Waals surface area contributed by atoms with E-state index in [-0.39, 0.29) is 0 Å². The highest BCUT2D eigenvalue weighted by molar-refractivity contribution is 7.25. The van der Waals surface area contributed by atoms with Crippen molar-refractivity contribution in [2.24, 2.45) is 0 Å². The summed E-state index contributed by atoms with van der Waals surface area (Å²) < 4.78 is 2.61. The number of fused-ring (bicyclic) bond motifs is 3. The van der Waals surface area contributed by atoms with Crippen molar-refractivity contribution in [3.05, 3.63) is 125 Å². The predicted octanol–water partition coefficient (Wildman–Crippen LogP) is 10.5. The lowest BCUT2D eigenvalue weighted by atomic mass is 10.0. The molecular weight excluding hydrogens is 477 g/mol. The Morgan fingerprint density at radius 1 is 0.471 bits per heavy atom. The highest BCUT2D eigenvalue weighted by Gasteiger charge is 2.15. The van der Waals surface area contributed by atoms with Gasteiger partial charge in [-0.2, -0.15) is 0 Å². The molecule has 0 saturated heterocycles. The minimum Gasteiger partial charge on any atom is -0.310 e. The molecule has 1 aromatic heterocycles. The van der Waals surface area contributed by atoms with Gasteiger partial charge in [0, 0.05) is 47.3 Å². The summed E-state index contributed by atoms with van der Waals surface area (Å²) in [5.41, 5.74) is 5.39. The number of anilines is 3. The van der Waals surface area contributed by atoms with Crippen molar-refractivity contribution in [3.63, 3.8) is 0 Å². The van der Waals surface area contributed by atoms with Gasteiger partial charge in [0.25, 0.3) is 0 Å². The van der Waals surface area contributed by atoms with Crippen LogP contribution in [0.4, 0.5) is 17.1 Å². The first-order valence-corrected chi connectivity index (χ1v) is 12.6. The smallest absolute Gasteiger partial charge is 0.0468 e. The Labute approximate surface area is 212 Å². The van der Waals surface area contributed by atoms with Crippen LogP contribution >= 0.6 is 34.5 Å². The third-order valence-electron chi connectivity index (χ3n) is 5.95. The molecule has 4 heteroatoms. The monoisotopic (exact) mass is 495 g/mol. The van der Waals surface area contributed by atoms with Crippen LogP contribution in [0, 0.1) is 0 Å². The van der Waals surface area contributed by atoms with Crippen LogP contribution in [-0.2, 0) is 0 Å². The third kappa shape index (κ3) is 3.95. The first-order chi connectivity index (χ1) is 16.7. The maximum atomic E-state index is 6.23. The molecule has 6 aromatic rings. The number of rotatable bonds is 4. The molecule has 0 fully saturated rings. The van der Waals surface area contributed by atoms with E-state index in [4.69, 9.17) is 23.2 Å². The fourth-order valence-corrected chi connectivity index (χ4v) is 6.01. The topological polar surface area (TPSA) is 3.24 Å². The van der Waals surface area contributed by atoms with Crippen molar-refractivity contribution >= 4 is 71.8 Å². The van der Waals surface area contributed by atoms with Crippen molar-refractivity contribution < 1.29 is 0 Å². The molecule has 0 aliphatic rings. The van der Waals surface area contributed by atoms with E-state index in [9.17, 15) is 0 Å². The number of thiophene rings is 1. The lowest BCUT2D eigenvalue weighted by Crippen LogP contribution is -2.09. The lowest BCUT2D eigenvalue weighted by Gasteiger charge is -2.26. The summed E-state index contributed by atoms with van der Waals surface area (Å²) in [5, 5.41) is 3.84. The van der Waals surface area contributed by atoms with Crippen LogP contribution in [0.25, 0.3) is 31.3 Å². The number of nitrogens with zero attached hydrogens (tertiary/aromatic N) is 1. The van der Waals surface area contributed by atoms with Gasteiger partial charge in [0.2, 0.25) is 0 Å². The Balaban J connectivity index is 1.48. The van der Waals surface area contributed by atoms with Gasteiger partial charge in [-0.3, -0.25) is 0 Å². The molecule has 5 aromatic carbocycles. The molecule has 0 atom stereocenters. The molecular formula is C30H19Cl2NS. The molecule has 6 rings (SSSR count). The SMILES string of the molecule is Clc1cc(Cl)cc(-c2ccc(N(c3ccccc3)c3ccc4sc5ccccc5c4c3)cc2)c1. The zero-order chi connectivity index (χ0) is 23.1. The molecule has 0 aliphatic carbocycles. The third-order valence-corrected chi connectivity index (χ3v) is 7.54. The molecule has 164 valence electrons. The molecule has 34 heavy (non-hydrogen) atoms. The largest absolute Gasteiger partial charge is 0.310 e. The first kappa shape index (κ1) is 21.2. The van der Waals surface area contributed by atoms with E-state index in [1.165, 1.54) is 20.2 Å². The fraction of sp³-hybridized carbons (Fsp3) is 0. The van der Waals surface area contributed by atoms with Crippen LogP contribution in [0.2, 0.25) is 10.0 Å². The summed E-state index contributed by atoms with van der Waals surface area (Å²) in [6.07, 6.45) is 0. The summed E-state index contributed by atoms with van der Waals surface area (Å²) in [7, 11) is 0. The van der Waals surface area contributed by atoms with Gasteiger partial charge in [-0.1, -0.05) is 71.7 Å². The molecule has 1 nitrogen and oxygen atoms in total. The van der Waals surface area contributed by atoms with E-state index >= 15 is 0 Å².